The summed E-state index contributed by atoms with van der Waals surface area (Å²) < 4.78 is 43.9. The zero-order chi connectivity index (χ0) is 14.0. The van der Waals surface area contributed by atoms with Gasteiger partial charge in [0.1, 0.15) is 6.61 Å². The molecule has 5 heteroatoms. The number of benzene rings is 1. The molecule has 1 aromatic carbocycles. The number of nitrogens with zero attached hydrogens (tertiary/aromatic N) is 1. The number of halogens is 3. The SMILES string of the molecule is CC(C)C1COC(Cc2ccccc2C(F)(F)F)=N1. The monoisotopic (exact) mass is 271 g/mol. The van der Waals surface area contributed by atoms with Crippen LogP contribution >= 0.6 is 0 Å². The summed E-state index contributed by atoms with van der Waals surface area (Å²) in [5.41, 5.74) is -0.410. The van der Waals surface area contributed by atoms with Crippen LogP contribution in [0.2, 0.25) is 0 Å². The van der Waals surface area contributed by atoms with Crippen molar-refractivity contribution in [2.75, 3.05) is 6.61 Å². The Bertz CT molecular complexity index is 480. The fourth-order valence-corrected chi connectivity index (χ4v) is 1.99. The Balaban J connectivity index is 2.19. The minimum absolute atomic E-state index is 0.0491. The highest BCUT2D eigenvalue weighted by molar-refractivity contribution is 5.80. The van der Waals surface area contributed by atoms with E-state index in [0.29, 0.717) is 18.4 Å². The van der Waals surface area contributed by atoms with Crippen molar-refractivity contribution in [3.63, 3.8) is 0 Å². The van der Waals surface area contributed by atoms with Crippen molar-refractivity contribution in [1.82, 2.24) is 0 Å². The second-order valence-corrected chi connectivity index (χ2v) is 4.98. The molecule has 1 aliphatic heterocycles. The van der Waals surface area contributed by atoms with Gasteiger partial charge in [0.25, 0.3) is 0 Å². The van der Waals surface area contributed by atoms with E-state index in [1.54, 1.807) is 6.07 Å². The molecule has 1 atom stereocenters. The third-order valence-electron chi connectivity index (χ3n) is 3.16. The molecule has 19 heavy (non-hydrogen) atoms. The van der Waals surface area contributed by atoms with Gasteiger partial charge < -0.3 is 4.74 Å². The van der Waals surface area contributed by atoms with Crippen molar-refractivity contribution in [3.05, 3.63) is 35.4 Å². The Hall–Kier alpha value is -1.52. The second-order valence-electron chi connectivity index (χ2n) is 4.98. The summed E-state index contributed by atoms with van der Waals surface area (Å²) in [6.45, 7) is 4.50. The molecule has 1 heterocycles. The Kier molecular flexibility index (Phi) is 3.83. The molecule has 0 N–H and O–H groups in total. The van der Waals surface area contributed by atoms with Crippen molar-refractivity contribution >= 4 is 5.90 Å². The van der Waals surface area contributed by atoms with Gasteiger partial charge in [-0.05, 0) is 17.5 Å². The highest BCUT2D eigenvalue weighted by atomic mass is 19.4. The molecule has 0 amide bonds. The maximum absolute atomic E-state index is 12.8. The van der Waals surface area contributed by atoms with Gasteiger partial charge in [0, 0.05) is 6.42 Å². The fourth-order valence-electron chi connectivity index (χ4n) is 1.99. The number of aliphatic imine (C=N–C) groups is 1. The lowest BCUT2D eigenvalue weighted by Crippen LogP contribution is -2.13. The first-order valence-corrected chi connectivity index (χ1v) is 6.22. The summed E-state index contributed by atoms with van der Waals surface area (Å²) in [5, 5.41) is 0. The Labute approximate surface area is 110 Å². The molecule has 0 saturated heterocycles. The average Bonchev–Trinajstić information content (AvgIpc) is 2.77. The summed E-state index contributed by atoms with van der Waals surface area (Å²) in [7, 11) is 0. The predicted molar refractivity (Wildman–Crippen MR) is 67.2 cm³/mol. The van der Waals surface area contributed by atoms with Gasteiger partial charge in [-0.2, -0.15) is 13.2 Å². The van der Waals surface area contributed by atoms with Crippen LogP contribution in [0.3, 0.4) is 0 Å². The molecule has 0 bridgehead atoms. The summed E-state index contributed by atoms with van der Waals surface area (Å²) in [6.07, 6.45) is -4.24. The van der Waals surface area contributed by atoms with Gasteiger partial charge in [-0.3, -0.25) is 0 Å². The minimum Gasteiger partial charge on any atom is -0.478 e. The van der Waals surface area contributed by atoms with E-state index in [0.717, 1.165) is 6.07 Å². The first-order valence-electron chi connectivity index (χ1n) is 6.22. The Morgan fingerprint density at radius 2 is 2.00 bits per heavy atom. The van der Waals surface area contributed by atoms with Crippen LogP contribution in [-0.2, 0) is 17.3 Å². The molecular formula is C14H16F3NO. The minimum atomic E-state index is -4.34. The van der Waals surface area contributed by atoms with Crippen molar-refractivity contribution in [2.24, 2.45) is 10.9 Å². The van der Waals surface area contributed by atoms with E-state index in [-0.39, 0.29) is 18.0 Å². The van der Waals surface area contributed by atoms with Crippen LogP contribution in [0.15, 0.2) is 29.3 Å². The molecular weight excluding hydrogens is 255 g/mol. The van der Waals surface area contributed by atoms with Gasteiger partial charge in [0.15, 0.2) is 5.90 Å². The van der Waals surface area contributed by atoms with Gasteiger partial charge in [0.2, 0.25) is 0 Å². The van der Waals surface area contributed by atoms with Crippen molar-refractivity contribution in [1.29, 1.82) is 0 Å². The van der Waals surface area contributed by atoms with E-state index < -0.39 is 11.7 Å². The smallest absolute Gasteiger partial charge is 0.416 e. The summed E-state index contributed by atoms with van der Waals surface area (Å²) in [6, 6.07) is 5.59. The molecule has 0 radical (unpaired) electrons. The zero-order valence-corrected chi connectivity index (χ0v) is 10.9. The summed E-state index contributed by atoms with van der Waals surface area (Å²) in [5.74, 6) is 0.728. The highest BCUT2D eigenvalue weighted by Gasteiger charge is 2.33. The van der Waals surface area contributed by atoms with Crippen molar-refractivity contribution < 1.29 is 17.9 Å². The average molecular weight is 271 g/mol. The van der Waals surface area contributed by atoms with Crippen molar-refractivity contribution in [3.8, 4) is 0 Å². The quantitative estimate of drug-likeness (QED) is 0.821. The van der Waals surface area contributed by atoms with Crippen LogP contribution in [-0.4, -0.2) is 18.5 Å². The van der Waals surface area contributed by atoms with Gasteiger partial charge in [0.05, 0.1) is 11.6 Å². The number of alkyl halides is 3. The lowest BCUT2D eigenvalue weighted by molar-refractivity contribution is -0.138. The number of ether oxygens (including phenoxy) is 1. The van der Waals surface area contributed by atoms with Gasteiger partial charge in [-0.1, -0.05) is 32.0 Å². The highest BCUT2D eigenvalue weighted by Crippen LogP contribution is 2.32. The molecule has 0 fully saturated rings. The fraction of sp³-hybridized carbons (Fsp3) is 0.500. The second kappa shape index (κ2) is 5.23. The standard InChI is InChI=1S/C14H16F3NO/c1-9(2)12-8-19-13(18-12)7-10-5-3-4-6-11(10)14(15,16)17/h3-6,9,12H,7-8H2,1-2H3. The topological polar surface area (TPSA) is 21.6 Å². The molecule has 1 unspecified atom stereocenters. The third-order valence-corrected chi connectivity index (χ3v) is 3.16. The number of hydrogen-bond acceptors (Lipinski definition) is 2. The van der Waals surface area contributed by atoms with E-state index in [2.05, 4.69) is 4.99 Å². The lowest BCUT2D eigenvalue weighted by Gasteiger charge is -2.12. The van der Waals surface area contributed by atoms with Crippen LogP contribution < -0.4 is 0 Å². The van der Waals surface area contributed by atoms with E-state index >= 15 is 0 Å². The maximum atomic E-state index is 12.8. The first kappa shape index (κ1) is 13.9. The van der Waals surface area contributed by atoms with Crippen LogP contribution in [0.25, 0.3) is 0 Å². The summed E-state index contributed by atoms with van der Waals surface area (Å²) in [4.78, 5) is 4.33. The Morgan fingerprint density at radius 3 is 2.58 bits per heavy atom. The number of hydrogen-bond donors (Lipinski definition) is 0. The third kappa shape index (κ3) is 3.28. The molecule has 0 aromatic heterocycles. The van der Waals surface area contributed by atoms with Crippen LogP contribution in [0, 0.1) is 5.92 Å². The molecule has 2 nitrogen and oxygen atoms in total. The van der Waals surface area contributed by atoms with E-state index in [1.807, 2.05) is 13.8 Å². The van der Waals surface area contributed by atoms with Gasteiger partial charge >= 0.3 is 6.18 Å². The van der Waals surface area contributed by atoms with Crippen LogP contribution in [0.1, 0.15) is 25.0 Å². The normalized spacial score (nSPS) is 19.5. The molecule has 1 aliphatic rings. The van der Waals surface area contributed by atoms with Crippen LogP contribution in [0.4, 0.5) is 13.2 Å². The molecule has 104 valence electrons. The molecule has 0 saturated carbocycles. The first-order chi connectivity index (χ1) is 8.88. The number of rotatable bonds is 3. The van der Waals surface area contributed by atoms with E-state index in [4.69, 9.17) is 4.74 Å². The van der Waals surface area contributed by atoms with Crippen molar-refractivity contribution in [2.45, 2.75) is 32.5 Å². The molecule has 0 aliphatic carbocycles. The molecule has 1 aromatic rings. The van der Waals surface area contributed by atoms with E-state index in [1.165, 1.54) is 12.1 Å². The van der Waals surface area contributed by atoms with Gasteiger partial charge in [-0.25, -0.2) is 4.99 Å². The van der Waals surface area contributed by atoms with Crippen LogP contribution in [0.5, 0.6) is 0 Å². The molecule has 0 spiro atoms. The largest absolute Gasteiger partial charge is 0.478 e. The molecule has 2 rings (SSSR count). The predicted octanol–water partition coefficient (Wildman–Crippen LogP) is 3.70. The maximum Gasteiger partial charge on any atom is 0.416 e. The zero-order valence-electron chi connectivity index (χ0n) is 10.9. The van der Waals surface area contributed by atoms with E-state index in [9.17, 15) is 13.2 Å². The summed E-state index contributed by atoms with van der Waals surface area (Å²) >= 11 is 0. The lowest BCUT2D eigenvalue weighted by atomic mass is 10.0. The Morgan fingerprint density at radius 1 is 1.32 bits per heavy atom. The van der Waals surface area contributed by atoms with Gasteiger partial charge in [-0.15, -0.1) is 0 Å².